The second-order valence-corrected chi connectivity index (χ2v) is 7.04. The second-order valence-electron chi connectivity index (χ2n) is 7.04. The molecular formula is C22H24N4O. The molecule has 27 heavy (non-hydrogen) atoms. The SMILES string of the molecule is Cc1cc(N2CCCCC2)nc(CNC(=O)c2cccc3ccccc23)n1. The van der Waals surface area contributed by atoms with Crippen LogP contribution < -0.4 is 10.2 Å². The number of nitrogens with one attached hydrogen (secondary N) is 1. The molecule has 1 amide bonds. The lowest BCUT2D eigenvalue weighted by Gasteiger charge is -2.28. The molecule has 1 aromatic heterocycles. The monoisotopic (exact) mass is 360 g/mol. The molecule has 1 saturated heterocycles. The lowest BCUT2D eigenvalue weighted by atomic mass is 10.0. The molecule has 138 valence electrons. The van der Waals surface area contributed by atoms with Gasteiger partial charge in [-0.2, -0.15) is 0 Å². The van der Waals surface area contributed by atoms with Crippen LogP contribution in [0.5, 0.6) is 0 Å². The first-order valence-electron chi connectivity index (χ1n) is 9.56. The fourth-order valence-corrected chi connectivity index (χ4v) is 3.65. The number of aryl methyl sites for hydroxylation is 1. The Balaban J connectivity index is 1.51. The zero-order valence-electron chi connectivity index (χ0n) is 15.6. The molecule has 2 aromatic carbocycles. The van der Waals surface area contributed by atoms with Crippen LogP contribution >= 0.6 is 0 Å². The van der Waals surface area contributed by atoms with Gasteiger partial charge >= 0.3 is 0 Å². The molecule has 1 fully saturated rings. The summed E-state index contributed by atoms with van der Waals surface area (Å²) in [5.74, 6) is 1.53. The maximum atomic E-state index is 12.7. The largest absolute Gasteiger partial charge is 0.357 e. The van der Waals surface area contributed by atoms with Crippen molar-refractivity contribution < 1.29 is 4.79 Å². The van der Waals surface area contributed by atoms with Crippen LogP contribution in [0.15, 0.2) is 48.5 Å². The number of anilines is 1. The molecule has 1 aliphatic heterocycles. The van der Waals surface area contributed by atoms with E-state index in [0.717, 1.165) is 35.4 Å². The van der Waals surface area contributed by atoms with Crippen LogP contribution in [0.1, 0.15) is 41.1 Å². The number of hydrogen-bond donors (Lipinski definition) is 1. The smallest absolute Gasteiger partial charge is 0.252 e. The second kappa shape index (κ2) is 7.74. The Morgan fingerprint density at radius 3 is 2.67 bits per heavy atom. The highest BCUT2D eigenvalue weighted by atomic mass is 16.1. The van der Waals surface area contributed by atoms with Gasteiger partial charge in [0.1, 0.15) is 11.6 Å². The van der Waals surface area contributed by atoms with E-state index >= 15 is 0 Å². The molecule has 4 rings (SSSR count). The van der Waals surface area contributed by atoms with Crippen LogP contribution in [0, 0.1) is 6.92 Å². The molecule has 1 N–H and O–H groups in total. The van der Waals surface area contributed by atoms with E-state index in [1.807, 2.05) is 55.5 Å². The van der Waals surface area contributed by atoms with Crippen molar-refractivity contribution in [2.75, 3.05) is 18.0 Å². The van der Waals surface area contributed by atoms with Crippen molar-refractivity contribution in [1.82, 2.24) is 15.3 Å². The summed E-state index contributed by atoms with van der Waals surface area (Å²) in [6, 6.07) is 15.7. The maximum absolute atomic E-state index is 12.7. The molecule has 5 nitrogen and oxygen atoms in total. The van der Waals surface area contributed by atoms with Crippen LogP contribution in [0.25, 0.3) is 10.8 Å². The van der Waals surface area contributed by atoms with Gasteiger partial charge in [0.25, 0.3) is 5.91 Å². The summed E-state index contributed by atoms with van der Waals surface area (Å²) >= 11 is 0. The normalized spacial score (nSPS) is 14.3. The van der Waals surface area contributed by atoms with E-state index in [-0.39, 0.29) is 5.91 Å². The van der Waals surface area contributed by atoms with Gasteiger partial charge in [-0.3, -0.25) is 4.79 Å². The van der Waals surface area contributed by atoms with Gasteiger partial charge in [0, 0.05) is 30.4 Å². The predicted molar refractivity (Wildman–Crippen MR) is 108 cm³/mol. The van der Waals surface area contributed by atoms with Crippen LogP contribution in [0.4, 0.5) is 5.82 Å². The highest BCUT2D eigenvalue weighted by Gasteiger charge is 2.15. The van der Waals surface area contributed by atoms with Gasteiger partial charge in [0.2, 0.25) is 0 Å². The fraction of sp³-hybridized carbons (Fsp3) is 0.318. The number of carbonyl (C=O) groups is 1. The van der Waals surface area contributed by atoms with E-state index in [1.54, 1.807) is 0 Å². The molecule has 0 atom stereocenters. The Morgan fingerprint density at radius 1 is 1.04 bits per heavy atom. The zero-order chi connectivity index (χ0) is 18.6. The third-order valence-corrected chi connectivity index (χ3v) is 5.01. The Morgan fingerprint density at radius 2 is 1.81 bits per heavy atom. The lowest BCUT2D eigenvalue weighted by molar-refractivity contribution is 0.0951. The number of benzene rings is 2. The van der Waals surface area contributed by atoms with Gasteiger partial charge < -0.3 is 10.2 Å². The number of amides is 1. The van der Waals surface area contributed by atoms with Crippen molar-refractivity contribution in [3.05, 3.63) is 65.6 Å². The summed E-state index contributed by atoms with van der Waals surface area (Å²) in [5.41, 5.74) is 1.61. The minimum Gasteiger partial charge on any atom is -0.357 e. The maximum Gasteiger partial charge on any atom is 0.252 e. The van der Waals surface area contributed by atoms with E-state index < -0.39 is 0 Å². The third-order valence-electron chi connectivity index (χ3n) is 5.01. The summed E-state index contributed by atoms with van der Waals surface area (Å²) in [7, 11) is 0. The minimum atomic E-state index is -0.101. The van der Waals surface area contributed by atoms with Gasteiger partial charge in [0.15, 0.2) is 0 Å². The average molecular weight is 360 g/mol. The molecule has 5 heteroatoms. The Hall–Kier alpha value is -2.95. The van der Waals surface area contributed by atoms with Crippen molar-refractivity contribution >= 4 is 22.5 Å². The molecule has 1 aliphatic rings. The number of nitrogens with zero attached hydrogens (tertiary/aromatic N) is 3. The van der Waals surface area contributed by atoms with Crippen LogP contribution in [0.2, 0.25) is 0 Å². The van der Waals surface area contributed by atoms with E-state index in [0.29, 0.717) is 17.9 Å². The van der Waals surface area contributed by atoms with Crippen LogP contribution in [-0.2, 0) is 6.54 Å². The number of carbonyl (C=O) groups excluding carboxylic acids is 1. The van der Waals surface area contributed by atoms with Gasteiger partial charge in [-0.1, -0.05) is 36.4 Å². The Labute approximate surface area is 159 Å². The van der Waals surface area contributed by atoms with Crippen LogP contribution in [0.3, 0.4) is 0 Å². The van der Waals surface area contributed by atoms with Gasteiger partial charge in [-0.05, 0) is 43.0 Å². The predicted octanol–water partition coefficient (Wildman–Crippen LogP) is 3.86. The molecule has 0 unspecified atom stereocenters. The first-order valence-corrected chi connectivity index (χ1v) is 9.56. The summed E-state index contributed by atoms with van der Waals surface area (Å²) in [6.07, 6.45) is 3.70. The summed E-state index contributed by atoms with van der Waals surface area (Å²) in [4.78, 5) is 24.2. The number of aromatic nitrogens is 2. The van der Waals surface area contributed by atoms with Crippen molar-refractivity contribution in [1.29, 1.82) is 0 Å². The van der Waals surface area contributed by atoms with Gasteiger partial charge in [-0.15, -0.1) is 0 Å². The average Bonchev–Trinajstić information content (AvgIpc) is 2.72. The third kappa shape index (κ3) is 3.92. The molecule has 0 aliphatic carbocycles. The number of rotatable bonds is 4. The van der Waals surface area contributed by atoms with Crippen molar-refractivity contribution in [2.24, 2.45) is 0 Å². The molecule has 0 spiro atoms. The van der Waals surface area contributed by atoms with Crippen LogP contribution in [-0.4, -0.2) is 29.0 Å². The molecule has 2 heterocycles. The van der Waals surface area contributed by atoms with Gasteiger partial charge in [0.05, 0.1) is 6.54 Å². The Bertz CT molecular complexity index is 958. The van der Waals surface area contributed by atoms with E-state index in [2.05, 4.69) is 20.2 Å². The first-order chi connectivity index (χ1) is 13.2. The highest BCUT2D eigenvalue weighted by Crippen LogP contribution is 2.20. The molecule has 0 saturated carbocycles. The van der Waals surface area contributed by atoms with Crippen molar-refractivity contribution in [3.8, 4) is 0 Å². The van der Waals surface area contributed by atoms with E-state index in [1.165, 1.54) is 19.3 Å². The number of piperidine rings is 1. The molecule has 3 aromatic rings. The quantitative estimate of drug-likeness (QED) is 0.768. The highest BCUT2D eigenvalue weighted by molar-refractivity contribution is 6.06. The topological polar surface area (TPSA) is 58.1 Å². The Kier molecular flexibility index (Phi) is 5.01. The molecule has 0 bridgehead atoms. The number of hydrogen-bond acceptors (Lipinski definition) is 4. The summed E-state index contributed by atoms with van der Waals surface area (Å²) < 4.78 is 0. The standard InChI is InChI=1S/C22H24N4O/c1-16-14-21(26-12-5-2-6-13-26)25-20(24-16)15-23-22(27)19-11-7-9-17-8-3-4-10-18(17)19/h3-4,7-11,14H,2,5-6,12-13,15H2,1H3,(H,23,27). The lowest BCUT2D eigenvalue weighted by Crippen LogP contribution is -2.31. The first kappa shape index (κ1) is 17.5. The number of fused-ring (bicyclic) bond motifs is 1. The summed E-state index contributed by atoms with van der Waals surface area (Å²) in [6.45, 7) is 4.38. The zero-order valence-corrected chi connectivity index (χ0v) is 15.6. The fourth-order valence-electron chi connectivity index (χ4n) is 3.65. The minimum absolute atomic E-state index is 0.101. The van der Waals surface area contributed by atoms with Gasteiger partial charge in [-0.25, -0.2) is 9.97 Å². The molecular weight excluding hydrogens is 336 g/mol. The van der Waals surface area contributed by atoms with E-state index in [4.69, 9.17) is 0 Å². The summed E-state index contributed by atoms with van der Waals surface area (Å²) in [5, 5.41) is 5.00. The van der Waals surface area contributed by atoms with E-state index in [9.17, 15) is 4.79 Å². The van der Waals surface area contributed by atoms with Crippen molar-refractivity contribution in [3.63, 3.8) is 0 Å². The van der Waals surface area contributed by atoms with Crippen molar-refractivity contribution in [2.45, 2.75) is 32.7 Å². The molecule has 0 radical (unpaired) electrons.